The molecule has 0 saturated heterocycles. The Labute approximate surface area is 64.3 Å². The van der Waals surface area contributed by atoms with Crippen molar-refractivity contribution in [2.24, 2.45) is 0 Å². The molecule has 2 nitrogen and oxygen atoms in total. The van der Waals surface area contributed by atoms with Crippen LogP contribution in [0.2, 0.25) is 0 Å². The molecular formula is C8H10FNO. The Kier molecular flexibility index (Phi) is 2.08. The minimum absolute atomic E-state index is 0.0862. The standard InChI is InChI=1S/C8H10FNO/c1-6(2)10-4-3-7(9)5-8(10)11/h3-6H,1-2H3. The van der Waals surface area contributed by atoms with Crippen molar-refractivity contribution in [3.63, 3.8) is 0 Å². The average Bonchev–Trinajstić information content (AvgIpc) is 1.85. The molecule has 0 amide bonds. The zero-order chi connectivity index (χ0) is 8.43. The van der Waals surface area contributed by atoms with Crippen molar-refractivity contribution >= 4 is 0 Å². The van der Waals surface area contributed by atoms with Crippen LogP contribution in [0, 0.1) is 5.82 Å². The highest BCUT2D eigenvalue weighted by atomic mass is 19.1. The van der Waals surface area contributed by atoms with Gasteiger partial charge in [0.05, 0.1) is 0 Å². The summed E-state index contributed by atoms with van der Waals surface area (Å²) < 4.78 is 13.9. The fourth-order valence-corrected chi connectivity index (χ4v) is 0.892. The van der Waals surface area contributed by atoms with E-state index in [9.17, 15) is 9.18 Å². The Balaban J connectivity index is 3.21. The van der Waals surface area contributed by atoms with Gasteiger partial charge >= 0.3 is 0 Å². The summed E-state index contributed by atoms with van der Waals surface area (Å²) in [5, 5.41) is 0. The molecule has 0 N–H and O–H groups in total. The van der Waals surface area contributed by atoms with Crippen LogP contribution in [0.1, 0.15) is 19.9 Å². The van der Waals surface area contributed by atoms with Gasteiger partial charge < -0.3 is 4.57 Å². The second kappa shape index (κ2) is 2.86. The van der Waals surface area contributed by atoms with Gasteiger partial charge in [-0.05, 0) is 19.9 Å². The zero-order valence-electron chi connectivity index (χ0n) is 6.54. The van der Waals surface area contributed by atoms with Gasteiger partial charge in [-0.15, -0.1) is 0 Å². The summed E-state index contributed by atoms with van der Waals surface area (Å²) in [5.74, 6) is -0.480. The molecule has 0 atom stereocenters. The third kappa shape index (κ3) is 1.67. The molecule has 0 saturated carbocycles. The van der Waals surface area contributed by atoms with Crippen molar-refractivity contribution in [1.29, 1.82) is 0 Å². The van der Waals surface area contributed by atoms with Gasteiger partial charge in [0.15, 0.2) is 0 Å². The van der Waals surface area contributed by atoms with Gasteiger partial charge in [-0.1, -0.05) is 0 Å². The van der Waals surface area contributed by atoms with E-state index in [1.165, 1.54) is 16.8 Å². The molecule has 0 aliphatic rings. The monoisotopic (exact) mass is 155 g/mol. The zero-order valence-corrected chi connectivity index (χ0v) is 6.54. The first-order valence-electron chi connectivity index (χ1n) is 3.49. The summed E-state index contributed by atoms with van der Waals surface area (Å²) in [6.45, 7) is 3.75. The number of rotatable bonds is 1. The van der Waals surface area contributed by atoms with Crippen LogP contribution in [-0.2, 0) is 0 Å². The van der Waals surface area contributed by atoms with Crippen molar-refractivity contribution in [2.45, 2.75) is 19.9 Å². The van der Waals surface area contributed by atoms with E-state index in [4.69, 9.17) is 0 Å². The summed E-state index contributed by atoms with van der Waals surface area (Å²) in [7, 11) is 0. The Morgan fingerprint density at radius 1 is 1.55 bits per heavy atom. The highest BCUT2D eigenvalue weighted by Crippen LogP contribution is 1.99. The lowest BCUT2D eigenvalue weighted by Gasteiger charge is -2.07. The summed E-state index contributed by atoms with van der Waals surface area (Å²) in [5.41, 5.74) is -0.292. The second-order valence-electron chi connectivity index (χ2n) is 2.68. The molecule has 11 heavy (non-hydrogen) atoms. The van der Waals surface area contributed by atoms with E-state index in [0.29, 0.717) is 0 Å². The first-order chi connectivity index (χ1) is 5.11. The molecule has 0 aromatic carbocycles. The third-order valence-electron chi connectivity index (χ3n) is 1.47. The Hall–Kier alpha value is -1.12. The molecule has 0 aliphatic heterocycles. The second-order valence-corrected chi connectivity index (χ2v) is 2.68. The number of aromatic nitrogens is 1. The van der Waals surface area contributed by atoms with Gasteiger partial charge in [0.25, 0.3) is 5.56 Å². The van der Waals surface area contributed by atoms with E-state index in [-0.39, 0.29) is 11.6 Å². The molecule has 1 aromatic heterocycles. The largest absolute Gasteiger partial charge is 0.313 e. The molecule has 3 heteroatoms. The predicted molar refractivity (Wildman–Crippen MR) is 41.0 cm³/mol. The van der Waals surface area contributed by atoms with Crippen molar-refractivity contribution in [3.8, 4) is 0 Å². The maximum Gasteiger partial charge on any atom is 0.253 e. The summed E-state index contributed by atoms with van der Waals surface area (Å²) in [6.07, 6.45) is 1.46. The fraction of sp³-hybridized carbons (Fsp3) is 0.375. The van der Waals surface area contributed by atoms with Crippen molar-refractivity contribution in [2.75, 3.05) is 0 Å². The molecule has 0 bridgehead atoms. The number of pyridine rings is 1. The smallest absolute Gasteiger partial charge is 0.253 e. The molecule has 0 aliphatic carbocycles. The molecule has 0 unspecified atom stereocenters. The summed E-state index contributed by atoms with van der Waals surface area (Å²) >= 11 is 0. The molecule has 1 heterocycles. The average molecular weight is 155 g/mol. The normalized spacial score (nSPS) is 10.5. The van der Waals surface area contributed by atoms with Crippen LogP contribution < -0.4 is 5.56 Å². The highest BCUT2D eigenvalue weighted by Gasteiger charge is 1.99. The van der Waals surface area contributed by atoms with Crippen LogP contribution in [0.25, 0.3) is 0 Å². The lowest BCUT2D eigenvalue weighted by atomic mass is 10.3. The fourth-order valence-electron chi connectivity index (χ4n) is 0.892. The van der Waals surface area contributed by atoms with Gasteiger partial charge in [-0.3, -0.25) is 4.79 Å². The van der Waals surface area contributed by atoms with Crippen LogP contribution in [-0.4, -0.2) is 4.57 Å². The molecule has 1 aromatic rings. The van der Waals surface area contributed by atoms with Crippen LogP contribution in [0.3, 0.4) is 0 Å². The van der Waals surface area contributed by atoms with Gasteiger partial charge in [-0.25, -0.2) is 4.39 Å². The molecule has 0 spiro atoms. The van der Waals surface area contributed by atoms with Crippen LogP contribution in [0.15, 0.2) is 23.1 Å². The minimum Gasteiger partial charge on any atom is -0.313 e. The maximum absolute atomic E-state index is 12.4. The Bertz CT molecular complexity index is 303. The summed E-state index contributed by atoms with van der Waals surface area (Å²) in [6, 6.07) is 2.35. The minimum atomic E-state index is -0.480. The van der Waals surface area contributed by atoms with E-state index in [0.717, 1.165) is 6.07 Å². The number of hydrogen-bond donors (Lipinski definition) is 0. The summed E-state index contributed by atoms with van der Waals surface area (Å²) in [4.78, 5) is 11.0. The lowest BCUT2D eigenvalue weighted by molar-refractivity contribution is 0.556. The van der Waals surface area contributed by atoms with Gasteiger partial charge in [-0.2, -0.15) is 0 Å². The maximum atomic E-state index is 12.4. The number of nitrogens with zero attached hydrogens (tertiary/aromatic N) is 1. The predicted octanol–water partition coefficient (Wildman–Crippen LogP) is 1.57. The lowest BCUT2D eigenvalue weighted by Crippen LogP contribution is -2.20. The molecule has 0 radical (unpaired) electrons. The first kappa shape index (κ1) is 7.98. The number of hydrogen-bond acceptors (Lipinski definition) is 1. The van der Waals surface area contributed by atoms with Crippen molar-refractivity contribution in [1.82, 2.24) is 4.57 Å². The van der Waals surface area contributed by atoms with E-state index in [2.05, 4.69) is 0 Å². The van der Waals surface area contributed by atoms with E-state index in [1.54, 1.807) is 0 Å². The van der Waals surface area contributed by atoms with Gasteiger partial charge in [0, 0.05) is 18.3 Å². The molecule has 1 rings (SSSR count). The van der Waals surface area contributed by atoms with E-state index < -0.39 is 5.82 Å². The quantitative estimate of drug-likeness (QED) is 0.603. The van der Waals surface area contributed by atoms with E-state index >= 15 is 0 Å². The van der Waals surface area contributed by atoms with Crippen molar-refractivity contribution < 1.29 is 4.39 Å². The van der Waals surface area contributed by atoms with Gasteiger partial charge in [0.1, 0.15) is 5.82 Å². The van der Waals surface area contributed by atoms with Gasteiger partial charge in [0.2, 0.25) is 0 Å². The molecular weight excluding hydrogens is 145 g/mol. The SMILES string of the molecule is CC(C)n1ccc(F)cc1=O. The Morgan fingerprint density at radius 3 is 2.64 bits per heavy atom. The van der Waals surface area contributed by atoms with Crippen LogP contribution >= 0.6 is 0 Å². The number of halogens is 1. The topological polar surface area (TPSA) is 22.0 Å². The first-order valence-corrected chi connectivity index (χ1v) is 3.49. The van der Waals surface area contributed by atoms with Crippen LogP contribution in [0.4, 0.5) is 4.39 Å². The highest BCUT2D eigenvalue weighted by molar-refractivity contribution is 4.97. The Morgan fingerprint density at radius 2 is 2.18 bits per heavy atom. The third-order valence-corrected chi connectivity index (χ3v) is 1.47. The van der Waals surface area contributed by atoms with Crippen LogP contribution in [0.5, 0.6) is 0 Å². The molecule has 60 valence electrons. The van der Waals surface area contributed by atoms with Crippen molar-refractivity contribution in [3.05, 3.63) is 34.5 Å². The van der Waals surface area contributed by atoms with E-state index in [1.807, 2.05) is 13.8 Å². The molecule has 0 fully saturated rings.